The van der Waals surface area contributed by atoms with E-state index in [1.165, 1.54) is 123 Å². The fourth-order valence-electron chi connectivity index (χ4n) is 21.3. The van der Waals surface area contributed by atoms with Gasteiger partial charge in [0.05, 0.1) is 61.6 Å². The van der Waals surface area contributed by atoms with Crippen molar-refractivity contribution in [3.05, 3.63) is 497 Å². The number of hydrogen-bond acceptors (Lipinski definition) is 9. The van der Waals surface area contributed by atoms with Crippen molar-refractivity contribution in [3.8, 4) is 68.2 Å². The Balaban J connectivity index is 0.0000000936. The molecule has 139 heavy (non-hydrogen) atoms. The Morgan fingerprint density at radius 2 is 0.482 bits per heavy atom. The number of anilines is 12. The van der Waals surface area contributed by atoms with E-state index in [-0.39, 0.29) is 0 Å². The highest BCUT2D eigenvalue weighted by atomic mass is 32.1. The number of benzene rings is 25. The number of hydrogen-bond donors (Lipinski definition) is 0. The monoisotopic (exact) mass is 1790 g/mol. The minimum absolute atomic E-state index is 0.853. The molecule has 0 saturated carbocycles. The lowest BCUT2D eigenvalue weighted by molar-refractivity contribution is 0.483. The van der Waals surface area contributed by atoms with E-state index < -0.39 is 0 Å². The van der Waals surface area contributed by atoms with Crippen molar-refractivity contribution >= 4 is 207 Å². The summed E-state index contributed by atoms with van der Waals surface area (Å²) in [5.74, 6) is 7.07. The van der Waals surface area contributed by atoms with E-state index in [2.05, 4.69) is 517 Å². The summed E-state index contributed by atoms with van der Waals surface area (Å²) in [5.41, 5.74) is 17.8. The molecule has 8 nitrogen and oxygen atoms in total. The zero-order valence-corrected chi connectivity index (χ0v) is 76.0. The van der Waals surface area contributed by atoms with Gasteiger partial charge in [0.25, 0.3) is 0 Å². The van der Waals surface area contributed by atoms with E-state index in [4.69, 9.17) is 18.9 Å². The Labute approximate surface area is 805 Å². The standard InChI is InChI=1S/C38H25NO.C32H19NOS.2C30H19NO/c1-4-14-26(15-5-1)33-24-35-38(32-23-13-11-21-30(32)33)40-36-25-34(27-16-6-2-7-17-27)29-20-10-12-22-31(29)37(36)39(35)28-18-8-3-9-19-28;1-3-10-22-20(8-1)17-19-28-30(22)33(26-18-16-21-9-2-4-11-23(21)31(26)34-28)27-14-7-13-25-24-12-5-6-15-29(24)35-32(25)27;1-4-12-23-20(8-1)11-7-15-26(23)31-27-18-16-22-10-3-6-14-25(22)30(27)32-28-19-17-21-9-2-5-13-24(21)29(28)31;1-2-10-23-19-24(16-13-20(23)7-1)31-27-17-14-22-9-4-6-12-26(22)30(27)32-28-18-15-21-8-3-5-11-25(21)29(28)31/h1-25H;1-19H;2*1-19H. The van der Waals surface area contributed by atoms with Gasteiger partial charge in [-0.25, -0.2) is 0 Å². The summed E-state index contributed by atoms with van der Waals surface area (Å²) in [5, 5.41) is 26.1. The van der Waals surface area contributed by atoms with Gasteiger partial charge in [0, 0.05) is 75.3 Å². The Hall–Kier alpha value is -18.3. The SMILES string of the molecule is c1ccc(-c2cc3c(c4ccccc24)Oc2cc(-c4ccccc4)c4ccccc4c2N3c2ccccc2)cc1.c1ccc2c(N3c4ccc5ccccc5c4Oc4ccc5ccccc5c43)cccc2c1.c1ccc2c3c(ccc2c1)N(c1cccc2c1sc1ccccc12)c1c(ccc2ccccc12)O3.c1ccc2cc(N3c4ccc5ccccc5c4Oc4ccc5ccccc5c43)ccc2c1. The Kier molecular flexibility index (Phi) is 19.3. The van der Waals surface area contributed by atoms with Gasteiger partial charge < -0.3 is 38.5 Å². The topological polar surface area (TPSA) is 49.9 Å². The minimum atomic E-state index is 0.853. The van der Waals surface area contributed by atoms with Crippen LogP contribution in [-0.4, -0.2) is 0 Å². The molecule has 5 heterocycles. The van der Waals surface area contributed by atoms with Crippen LogP contribution >= 0.6 is 11.3 Å². The first-order chi connectivity index (χ1) is 69.0. The molecule has 4 aliphatic heterocycles. The van der Waals surface area contributed by atoms with Crippen LogP contribution < -0.4 is 38.5 Å². The Morgan fingerprint density at radius 3 is 1.01 bits per heavy atom. The van der Waals surface area contributed by atoms with E-state index in [1.807, 2.05) is 11.3 Å². The highest BCUT2D eigenvalue weighted by Gasteiger charge is 2.37. The zero-order valence-electron chi connectivity index (χ0n) is 75.2. The van der Waals surface area contributed by atoms with Crippen LogP contribution in [0.15, 0.2) is 497 Å². The maximum atomic E-state index is 6.96. The fraction of sp³-hybridized carbons (Fsp3) is 0. The second kappa shape index (κ2) is 33.4. The van der Waals surface area contributed by atoms with Gasteiger partial charge in [0.2, 0.25) is 0 Å². The number of fused-ring (bicyclic) bond motifs is 29. The molecule has 0 saturated heterocycles. The van der Waals surface area contributed by atoms with Gasteiger partial charge in [-0.3, -0.25) is 0 Å². The first kappa shape index (κ1) is 80.4. The summed E-state index contributed by atoms with van der Waals surface area (Å²) in [6.45, 7) is 0. The maximum Gasteiger partial charge on any atom is 0.159 e. The molecule has 0 unspecified atom stereocenters. The number of rotatable bonds is 6. The maximum absolute atomic E-state index is 6.96. The average molecular weight is 1800 g/mol. The molecule has 1 aromatic heterocycles. The highest BCUT2D eigenvalue weighted by molar-refractivity contribution is 7.26. The fourth-order valence-corrected chi connectivity index (χ4v) is 22.5. The van der Waals surface area contributed by atoms with Crippen molar-refractivity contribution in [2.75, 3.05) is 19.6 Å². The molecule has 25 aromatic carbocycles. The van der Waals surface area contributed by atoms with Crippen molar-refractivity contribution in [1.29, 1.82) is 0 Å². The quantitative estimate of drug-likeness (QED) is 0.163. The van der Waals surface area contributed by atoms with Crippen LogP contribution in [-0.2, 0) is 0 Å². The summed E-state index contributed by atoms with van der Waals surface area (Å²) in [4.78, 5) is 9.53. The minimum Gasteiger partial charge on any atom is -0.452 e. The lowest BCUT2D eigenvalue weighted by Crippen LogP contribution is -2.17. The third kappa shape index (κ3) is 13.6. The Morgan fingerprint density at radius 1 is 0.158 bits per heavy atom. The summed E-state index contributed by atoms with van der Waals surface area (Å²) < 4.78 is 29.5. The summed E-state index contributed by atoms with van der Waals surface area (Å²) in [6, 6.07) is 176. The molecule has 0 fully saturated rings. The highest BCUT2D eigenvalue weighted by Crippen LogP contribution is 2.63. The first-order valence-corrected chi connectivity index (χ1v) is 48.0. The summed E-state index contributed by atoms with van der Waals surface area (Å²) in [6.07, 6.45) is 0. The van der Waals surface area contributed by atoms with E-state index in [1.54, 1.807) is 0 Å². The first-order valence-electron chi connectivity index (χ1n) is 47.2. The van der Waals surface area contributed by atoms with Crippen molar-refractivity contribution in [2.24, 2.45) is 0 Å². The summed E-state index contributed by atoms with van der Waals surface area (Å²) >= 11 is 1.86. The predicted octanol–water partition coefficient (Wildman–Crippen LogP) is 38.3. The van der Waals surface area contributed by atoms with E-state index >= 15 is 0 Å². The van der Waals surface area contributed by atoms with E-state index in [0.717, 1.165) is 141 Å². The van der Waals surface area contributed by atoms with Crippen LogP contribution in [0.4, 0.5) is 68.2 Å². The van der Waals surface area contributed by atoms with Crippen LogP contribution in [0.5, 0.6) is 46.0 Å². The summed E-state index contributed by atoms with van der Waals surface area (Å²) in [7, 11) is 0. The number of nitrogens with zero attached hydrogens (tertiary/aromatic N) is 4. The number of thiophene rings is 1. The lowest BCUT2D eigenvalue weighted by atomic mass is 9.92. The van der Waals surface area contributed by atoms with E-state index in [0.29, 0.717) is 0 Å². The van der Waals surface area contributed by atoms with E-state index in [9.17, 15) is 0 Å². The second-order valence-corrected chi connectivity index (χ2v) is 36.6. The van der Waals surface area contributed by atoms with Gasteiger partial charge in [-0.1, -0.05) is 406 Å². The lowest BCUT2D eigenvalue weighted by Gasteiger charge is -2.35. The molecule has 0 radical (unpaired) electrons. The number of ether oxygens (including phenoxy) is 4. The average Bonchev–Trinajstić information content (AvgIpc) is 1.42. The van der Waals surface area contributed by atoms with Crippen LogP contribution in [0.25, 0.3) is 150 Å². The molecule has 0 spiro atoms. The van der Waals surface area contributed by atoms with Crippen molar-refractivity contribution in [3.63, 3.8) is 0 Å². The van der Waals surface area contributed by atoms with Crippen LogP contribution in [0.2, 0.25) is 0 Å². The molecular formula is C130H82N4O4S. The van der Waals surface area contributed by atoms with Crippen LogP contribution in [0.1, 0.15) is 0 Å². The molecule has 0 N–H and O–H groups in total. The van der Waals surface area contributed by atoms with Gasteiger partial charge in [0.1, 0.15) is 0 Å². The smallest absolute Gasteiger partial charge is 0.159 e. The zero-order chi connectivity index (χ0) is 91.5. The normalized spacial score (nSPS) is 12.5. The molecule has 0 atom stereocenters. The molecule has 652 valence electrons. The Bertz CT molecular complexity index is 9460. The van der Waals surface area contributed by atoms with Crippen LogP contribution in [0.3, 0.4) is 0 Å². The van der Waals surface area contributed by atoms with Crippen molar-refractivity contribution in [1.82, 2.24) is 0 Å². The second-order valence-electron chi connectivity index (χ2n) is 35.5. The molecule has 30 rings (SSSR count). The third-order valence-corrected chi connectivity index (χ3v) is 28.8. The van der Waals surface area contributed by atoms with Crippen molar-refractivity contribution < 1.29 is 18.9 Å². The van der Waals surface area contributed by atoms with Gasteiger partial charge in [-0.2, -0.15) is 0 Å². The van der Waals surface area contributed by atoms with Crippen LogP contribution in [0, 0.1) is 0 Å². The largest absolute Gasteiger partial charge is 0.452 e. The molecule has 0 aliphatic carbocycles. The molecule has 26 aromatic rings. The molecular weight excluding hydrogens is 1710 g/mol. The van der Waals surface area contributed by atoms with Gasteiger partial charge in [-0.05, 0) is 172 Å². The predicted molar refractivity (Wildman–Crippen MR) is 584 cm³/mol. The molecule has 0 bridgehead atoms. The number of para-hydroxylation sites is 1. The van der Waals surface area contributed by atoms with Gasteiger partial charge in [0.15, 0.2) is 46.0 Å². The van der Waals surface area contributed by atoms with Gasteiger partial charge >= 0.3 is 0 Å². The third-order valence-electron chi connectivity index (χ3n) is 27.6. The van der Waals surface area contributed by atoms with Gasteiger partial charge in [-0.15, -0.1) is 11.3 Å². The molecule has 4 aliphatic rings. The molecule has 0 amide bonds. The van der Waals surface area contributed by atoms with Crippen molar-refractivity contribution in [2.45, 2.75) is 0 Å². The molecule has 9 heteroatoms.